The van der Waals surface area contributed by atoms with Gasteiger partial charge in [-0.2, -0.15) is 9.36 Å². The maximum absolute atomic E-state index is 12.9. The van der Waals surface area contributed by atoms with Crippen molar-refractivity contribution >= 4 is 45.8 Å². The number of phenolic OH excluding ortho intramolecular Hbond substituents is 1. The van der Waals surface area contributed by atoms with Crippen LogP contribution in [-0.2, 0) is 9.59 Å². The number of carbonyl (C=O) groups is 2. The van der Waals surface area contributed by atoms with E-state index in [0.717, 1.165) is 29.6 Å². The molecule has 2 aromatic carbocycles. The van der Waals surface area contributed by atoms with E-state index in [1.807, 2.05) is 40.1 Å². The summed E-state index contributed by atoms with van der Waals surface area (Å²) < 4.78 is 4.49. The van der Waals surface area contributed by atoms with Crippen LogP contribution < -0.4 is 10.2 Å². The summed E-state index contributed by atoms with van der Waals surface area (Å²) in [5.41, 5.74) is 1.54. The topological polar surface area (TPSA) is 102 Å². The molecule has 2 aliphatic rings. The van der Waals surface area contributed by atoms with Crippen molar-refractivity contribution in [2.75, 3.05) is 56.0 Å². The number of rotatable bonds is 6. The number of likely N-dealkylation sites (tertiary alicyclic amines) is 1. The minimum Gasteiger partial charge on any atom is -0.506 e. The van der Waals surface area contributed by atoms with Crippen LogP contribution in [-0.4, -0.2) is 81.9 Å². The zero-order chi connectivity index (χ0) is 25.1. The summed E-state index contributed by atoms with van der Waals surface area (Å²) in [6, 6.07) is 14.5. The van der Waals surface area contributed by atoms with Crippen molar-refractivity contribution in [1.29, 1.82) is 0 Å². The second-order valence-corrected chi connectivity index (χ2v) is 10.1. The minimum absolute atomic E-state index is 0.0266. The fourth-order valence-corrected chi connectivity index (χ4v) is 5.43. The Morgan fingerprint density at radius 1 is 1.08 bits per heavy atom. The van der Waals surface area contributed by atoms with Gasteiger partial charge in [-0.05, 0) is 31.2 Å². The number of phenols is 1. The minimum atomic E-state index is -0.196. The summed E-state index contributed by atoms with van der Waals surface area (Å²) in [7, 11) is 0. The Balaban J connectivity index is 1.08. The SMILES string of the molecule is O=C(Nc1ccc(O)c(Cl)c1)[C@@H]1CCN(CC(=O)N2CCN(c3nc(-c4ccccc4)ns3)CC2)C1. The summed E-state index contributed by atoms with van der Waals surface area (Å²) in [6.07, 6.45) is 0.694. The van der Waals surface area contributed by atoms with Crippen LogP contribution >= 0.6 is 23.1 Å². The number of halogens is 1. The highest BCUT2D eigenvalue weighted by atomic mass is 35.5. The van der Waals surface area contributed by atoms with Gasteiger partial charge in [-0.15, -0.1) is 0 Å². The molecule has 188 valence electrons. The van der Waals surface area contributed by atoms with Crippen LogP contribution in [0.5, 0.6) is 5.75 Å². The number of benzene rings is 2. The van der Waals surface area contributed by atoms with Gasteiger partial charge in [-0.25, -0.2) is 0 Å². The third-order valence-corrected chi connectivity index (χ3v) is 7.65. The molecule has 36 heavy (non-hydrogen) atoms. The van der Waals surface area contributed by atoms with Gasteiger partial charge in [-0.3, -0.25) is 14.5 Å². The number of amides is 2. The molecule has 2 fully saturated rings. The van der Waals surface area contributed by atoms with Gasteiger partial charge in [0.25, 0.3) is 0 Å². The molecule has 0 bridgehead atoms. The van der Waals surface area contributed by atoms with Crippen molar-refractivity contribution in [3.05, 3.63) is 53.6 Å². The molecule has 3 aromatic rings. The van der Waals surface area contributed by atoms with E-state index in [-0.39, 0.29) is 28.5 Å². The number of carbonyl (C=O) groups excluding carboxylic acids is 2. The number of aromatic hydroxyl groups is 1. The summed E-state index contributed by atoms with van der Waals surface area (Å²) in [5, 5.41) is 13.5. The van der Waals surface area contributed by atoms with E-state index in [4.69, 9.17) is 11.6 Å². The van der Waals surface area contributed by atoms with Gasteiger partial charge in [0.2, 0.25) is 16.9 Å². The van der Waals surface area contributed by atoms with E-state index < -0.39 is 0 Å². The fourth-order valence-electron chi connectivity index (χ4n) is 4.51. The second-order valence-electron chi connectivity index (χ2n) is 9.01. The molecule has 2 saturated heterocycles. The van der Waals surface area contributed by atoms with Crippen LogP contribution in [0, 0.1) is 5.92 Å². The molecule has 0 spiro atoms. The standard InChI is InChI=1S/C25H27ClN6O3S/c26-20-14-19(6-7-21(20)33)27-24(35)18-8-9-30(15-18)16-22(34)31-10-12-32(13-11-31)25-28-23(29-36-25)17-4-2-1-3-5-17/h1-7,14,18,33H,8-13,15-16H2,(H,27,35)/t18-/m1/s1. The Morgan fingerprint density at radius 2 is 1.86 bits per heavy atom. The van der Waals surface area contributed by atoms with Crippen LogP contribution in [0.1, 0.15) is 6.42 Å². The smallest absolute Gasteiger partial charge is 0.236 e. The van der Waals surface area contributed by atoms with Gasteiger partial charge in [0.15, 0.2) is 5.82 Å². The summed E-state index contributed by atoms with van der Waals surface area (Å²) in [5.74, 6) is 0.491. The van der Waals surface area contributed by atoms with Crippen LogP contribution in [0.15, 0.2) is 48.5 Å². The molecule has 2 N–H and O–H groups in total. The van der Waals surface area contributed by atoms with Gasteiger partial charge in [0.1, 0.15) is 5.75 Å². The van der Waals surface area contributed by atoms with Crippen molar-refractivity contribution in [2.24, 2.45) is 5.92 Å². The molecule has 1 atom stereocenters. The van der Waals surface area contributed by atoms with E-state index in [9.17, 15) is 14.7 Å². The lowest BCUT2D eigenvalue weighted by atomic mass is 10.1. The van der Waals surface area contributed by atoms with E-state index in [2.05, 4.69) is 19.6 Å². The first kappa shape index (κ1) is 24.5. The first-order chi connectivity index (χ1) is 17.5. The molecule has 5 rings (SSSR count). The van der Waals surface area contributed by atoms with Gasteiger partial charge >= 0.3 is 0 Å². The summed E-state index contributed by atoms with van der Waals surface area (Å²) >= 11 is 7.31. The summed E-state index contributed by atoms with van der Waals surface area (Å²) in [4.78, 5) is 36.4. The molecule has 0 aliphatic carbocycles. The zero-order valence-corrected chi connectivity index (χ0v) is 21.2. The normalized spacial score (nSPS) is 18.4. The predicted octanol–water partition coefficient (Wildman–Crippen LogP) is 3.17. The Bertz CT molecular complexity index is 1230. The number of anilines is 2. The fraction of sp³-hybridized carbons (Fsp3) is 0.360. The highest BCUT2D eigenvalue weighted by Crippen LogP contribution is 2.27. The highest BCUT2D eigenvalue weighted by Gasteiger charge is 2.31. The molecular weight excluding hydrogens is 500 g/mol. The van der Waals surface area contributed by atoms with Crippen molar-refractivity contribution < 1.29 is 14.7 Å². The molecule has 2 amide bonds. The number of aromatic nitrogens is 2. The Morgan fingerprint density at radius 3 is 2.61 bits per heavy atom. The molecule has 1 aromatic heterocycles. The largest absolute Gasteiger partial charge is 0.506 e. The lowest BCUT2D eigenvalue weighted by molar-refractivity contribution is -0.132. The Kier molecular flexibility index (Phi) is 7.35. The lowest BCUT2D eigenvalue weighted by Gasteiger charge is -2.35. The third-order valence-electron chi connectivity index (χ3n) is 6.57. The molecule has 9 nitrogen and oxygen atoms in total. The van der Waals surface area contributed by atoms with E-state index >= 15 is 0 Å². The number of nitrogens with zero attached hydrogens (tertiary/aromatic N) is 5. The maximum atomic E-state index is 12.9. The predicted molar refractivity (Wildman–Crippen MR) is 140 cm³/mol. The van der Waals surface area contributed by atoms with Crippen molar-refractivity contribution in [1.82, 2.24) is 19.2 Å². The van der Waals surface area contributed by atoms with E-state index in [0.29, 0.717) is 44.8 Å². The van der Waals surface area contributed by atoms with Crippen LogP contribution in [0.25, 0.3) is 11.4 Å². The zero-order valence-electron chi connectivity index (χ0n) is 19.6. The Labute approximate surface area is 218 Å². The average Bonchev–Trinajstić information content (AvgIpc) is 3.57. The molecule has 11 heteroatoms. The number of hydrogen-bond donors (Lipinski definition) is 2. The van der Waals surface area contributed by atoms with Gasteiger partial charge in [0.05, 0.1) is 17.5 Å². The second kappa shape index (κ2) is 10.8. The number of piperazine rings is 1. The van der Waals surface area contributed by atoms with Crippen LogP contribution in [0.2, 0.25) is 5.02 Å². The number of nitrogens with one attached hydrogen (secondary N) is 1. The van der Waals surface area contributed by atoms with Crippen LogP contribution in [0.3, 0.4) is 0 Å². The molecule has 0 radical (unpaired) electrons. The van der Waals surface area contributed by atoms with E-state index in [1.54, 1.807) is 6.07 Å². The lowest BCUT2D eigenvalue weighted by Crippen LogP contribution is -2.51. The van der Waals surface area contributed by atoms with Crippen molar-refractivity contribution in [3.63, 3.8) is 0 Å². The average molecular weight is 527 g/mol. The van der Waals surface area contributed by atoms with Gasteiger partial charge < -0.3 is 20.2 Å². The quantitative estimate of drug-likeness (QED) is 0.476. The third kappa shape index (κ3) is 5.61. The molecular formula is C25H27ClN6O3S. The first-order valence-electron chi connectivity index (χ1n) is 11.9. The monoisotopic (exact) mass is 526 g/mol. The van der Waals surface area contributed by atoms with Crippen molar-refractivity contribution in [3.8, 4) is 17.1 Å². The van der Waals surface area contributed by atoms with Crippen molar-refractivity contribution in [2.45, 2.75) is 6.42 Å². The Hall–Kier alpha value is -3.21. The maximum Gasteiger partial charge on any atom is 0.236 e. The van der Waals surface area contributed by atoms with Gasteiger partial charge in [-0.1, -0.05) is 41.9 Å². The molecule has 0 unspecified atom stereocenters. The summed E-state index contributed by atoms with van der Waals surface area (Å²) in [6.45, 7) is 4.26. The van der Waals surface area contributed by atoms with Gasteiger partial charge in [0, 0.05) is 55.5 Å². The molecule has 2 aliphatic heterocycles. The van der Waals surface area contributed by atoms with Crippen LogP contribution in [0.4, 0.5) is 10.8 Å². The molecule has 3 heterocycles. The highest BCUT2D eigenvalue weighted by molar-refractivity contribution is 7.09. The first-order valence-corrected chi connectivity index (χ1v) is 13.0. The van der Waals surface area contributed by atoms with E-state index in [1.165, 1.54) is 23.7 Å². The number of hydrogen-bond acceptors (Lipinski definition) is 8. The molecule has 0 saturated carbocycles.